The van der Waals surface area contributed by atoms with Crippen molar-refractivity contribution in [3.8, 4) is 10.6 Å². The molecule has 0 N–H and O–H groups in total. The molecule has 4 rings (SSSR count). The van der Waals surface area contributed by atoms with Gasteiger partial charge in [0.2, 0.25) is 0 Å². The summed E-state index contributed by atoms with van der Waals surface area (Å²) in [5.41, 5.74) is 1.72. The van der Waals surface area contributed by atoms with Gasteiger partial charge in [0.25, 0.3) is 5.91 Å². The normalized spacial score (nSPS) is 15.3. The molecule has 0 aliphatic carbocycles. The highest BCUT2D eigenvalue weighted by atomic mass is 35.5. The molecule has 0 unspecified atom stereocenters. The fraction of sp³-hybridized carbons (Fsp3) is 0.263. The summed E-state index contributed by atoms with van der Waals surface area (Å²) >= 11 is 9.42. The van der Waals surface area contributed by atoms with Gasteiger partial charge in [-0.2, -0.15) is 0 Å². The number of thiazole rings is 1. The van der Waals surface area contributed by atoms with E-state index in [1.807, 2.05) is 17.0 Å². The van der Waals surface area contributed by atoms with Gasteiger partial charge in [-0.3, -0.25) is 9.69 Å². The van der Waals surface area contributed by atoms with Crippen molar-refractivity contribution in [1.82, 2.24) is 14.8 Å². The lowest BCUT2D eigenvalue weighted by Crippen LogP contribution is -2.48. The minimum atomic E-state index is 0.0568. The van der Waals surface area contributed by atoms with Gasteiger partial charge in [0.15, 0.2) is 0 Å². The number of carbonyl (C=O) groups excluding carboxylic acids is 1. The first-order valence-corrected chi connectivity index (χ1v) is 10.6. The molecule has 7 heteroatoms. The fourth-order valence-electron chi connectivity index (χ4n) is 3.03. The molecule has 0 saturated carbocycles. The third-order valence-corrected chi connectivity index (χ3v) is 6.38. The minimum absolute atomic E-state index is 0.0568. The van der Waals surface area contributed by atoms with Gasteiger partial charge in [-0.05, 0) is 29.6 Å². The molecule has 2 aromatic heterocycles. The van der Waals surface area contributed by atoms with Gasteiger partial charge in [0, 0.05) is 42.1 Å². The average Bonchev–Trinajstić information content (AvgIpc) is 3.33. The Morgan fingerprint density at radius 1 is 1.12 bits per heavy atom. The zero-order chi connectivity index (χ0) is 17.9. The maximum Gasteiger partial charge on any atom is 0.253 e. The smallest absolute Gasteiger partial charge is 0.253 e. The largest absolute Gasteiger partial charge is 0.336 e. The molecule has 0 bridgehead atoms. The van der Waals surface area contributed by atoms with Crippen LogP contribution in [0.25, 0.3) is 10.6 Å². The number of nitrogens with zero attached hydrogens (tertiary/aromatic N) is 3. The Morgan fingerprint density at radius 3 is 2.69 bits per heavy atom. The van der Waals surface area contributed by atoms with E-state index in [0.29, 0.717) is 10.6 Å². The van der Waals surface area contributed by atoms with Crippen LogP contribution in [0.1, 0.15) is 15.4 Å². The standard InChI is InChI=1S/C19H18ClN3OS2/c20-15-4-1-3-14(11-15)19(24)23-8-6-22(7-9-23)12-18-21-16(13-26-18)17-5-2-10-25-17/h1-5,10-11,13H,6-9,12H2. The molecule has 3 aromatic rings. The van der Waals surface area contributed by atoms with E-state index in [0.717, 1.165) is 43.4 Å². The summed E-state index contributed by atoms with van der Waals surface area (Å²) in [6.45, 7) is 4.03. The van der Waals surface area contributed by atoms with E-state index in [1.54, 1.807) is 34.8 Å². The maximum atomic E-state index is 12.6. The summed E-state index contributed by atoms with van der Waals surface area (Å²) in [7, 11) is 0. The first-order valence-electron chi connectivity index (χ1n) is 8.44. The first kappa shape index (κ1) is 17.7. The van der Waals surface area contributed by atoms with Gasteiger partial charge in [0.05, 0.1) is 17.1 Å². The van der Waals surface area contributed by atoms with Crippen LogP contribution in [0.15, 0.2) is 47.2 Å². The number of halogens is 1. The molecule has 0 radical (unpaired) electrons. The molecule has 4 nitrogen and oxygen atoms in total. The van der Waals surface area contributed by atoms with E-state index in [9.17, 15) is 4.79 Å². The molecule has 1 fully saturated rings. The number of piperazine rings is 1. The van der Waals surface area contributed by atoms with Crippen molar-refractivity contribution in [3.63, 3.8) is 0 Å². The summed E-state index contributed by atoms with van der Waals surface area (Å²) in [4.78, 5) is 22.8. The van der Waals surface area contributed by atoms with Gasteiger partial charge in [0.1, 0.15) is 5.01 Å². The van der Waals surface area contributed by atoms with E-state index in [1.165, 1.54) is 4.88 Å². The molecular weight excluding hydrogens is 386 g/mol. The lowest BCUT2D eigenvalue weighted by atomic mass is 10.2. The molecule has 0 spiro atoms. The number of hydrogen-bond donors (Lipinski definition) is 0. The quantitative estimate of drug-likeness (QED) is 0.644. The lowest BCUT2D eigenvalue weighted by molar-refractivity contribution is 0.0628. The predicted molar refractivity (Wildman–Crippen MR) is 108 cm³/mol. The summed E-state index contributed by atoms with van der Waals surface area (Å²) < 4.78 is 0. The van der Waals surface area contributed by atoms with Crippen molar-refractivity contribution in [3.05, 3.63) is 62.8 Å². The molecule has 134 valence electrons. The van der Waals surface area contributed by atoms with Crippen molar-refractivity contribution in [2.45, 2.75) is 6.54 Å². The molecule has 1 aromatic carbocycles. The summed E-state index contributed by atoms with van der Waals surface area (Å²) in [6.07, 6.45) is 0. The van der Waals surface area contributed by atoms with Gasteiger partial charge in [-0.15, -0.1) is 22.7 Å². The third kappa shape index (κ3) is 3.99. The van der Waals surface area contributed by atoms with Crippen LogP contribution in [0.5, 0.6) is 0 Å². The number of hydrogen-bond acceptors (Lipinski definition) is 5. The van der Waals surface area contributed by atoms with Gasteiger partial charge < -0.3 is 4.90 Å². The number of benzene rings is 1. The average molecular weight is 404 g/mol. The molecule has 1 amide bonds. The number of aromatic nitrogens is 1. The SMILES string of the molecule is O=C(c1cccc(Cl)c1)N1CCN(Cc2nc(-c3cccs3)cs2)CC1. The summed E-state index contributed by atoms with van der Waals surface area (Å²) in [6, 6.07) is 11.3. The fourth-order valence-corrected chi connectivity index (χ4v) is 4.81. The highest BCUT2D eigenvalue weighted by Gasteiger charge is 2.23. The maximum absolute atomic E-state index is 12.6. The first-order chi connectivity index (χ1) is 12.7. The third-order valence-electron chi connectivity index (χ3n) is 4.42. The second-order valence-electron chi connectivity index (χ2n) is 6.18. The van der Waals surface area contributed by atoms with Crippen LogP contribution in [0.4, 0.5) is 0 Å². The number of amides is 1. The molecule has 1 aliphatic heterocycles. The summed E-state index contributed by atoms with van der Waals surface area (Å²) in [5.74, 6) is 0.0568. The predicted octanol–water partition coefficient (Wildman–Crippen LogP) is 4.48. The molecule has 3 heterocycles. The zero-order valence-corrected chi connectivity index (χ0v) is 16.5. The second-order valence-corrected chi connectivity index (χ2v) is 8.51. The minimum Gasteiger partial charge on any atom is -0.336 e. The van der Waals surface area contributed by atoms with Crippen LogP contribution in [0, 0.1) is 0 Å². The Kier molecular flexibility index (Phi) is 5.36. The van der Waals surface area contributed by atoms with Crippen LogP contribution >= 0.6 is 34.3 Å². The molecular formula is C19H18ClN3OS2. The van der Waals surface area contributed by atoms with Gasteiger partial charge >= 0.3 is 0 Å². The zero-order valence-electron chi connectivity index (χ0n) is 14.1. The van der Waals surface area contributed by atoms with Gasteiger partial charge in [-0.25, -0.2) is 4.98 Å². The topological polar surface area (TPSA) is 36.4 Å². The Hall–Kier alpha value is -1.73. The monoisotopic (exact) mass is 403 g/mol. The van der Waals surface area contributed by atoms with Crippen LogP contribution in [-0.2, 0) is 6.54 Å². The highest BCUT2D eigenvalue weighted by molar-refractivity contribution is 7.14. The van der Waals surface area contributed by atoms with Crippen molar-refractivity contribution in [2.75, 3.05) is 26.2 Å². The molecule has 1 saturated heterocycles. The number of rotatable bonds is 4. The number of carbonyl (C=O) groups is 1. The second kappa shape index (κ2) is 7.88. The van der Waals surface area contributed by atoms with E-state index in [4.69, 9.17) is 16.6 Å². The molecule has 0 atom stereocenters. The molecule has 26 heavy (non-hydrogen) atoms. The highest BCUT2D eigenvalue weighted by Crippen LogP contribution is 2.26. The van der Waals surface area contributed by atoms with Gasteiger partial charge in [-0.1, -0.05) is 23.7 Å². The number of thiophene rings is 1. The summed E-state index contributed by atoms with van der Waals surface area (Å²) in [5, 5.41) is 5.92. The van der Waals surface area contributed by atoms with Crippen LogP contribution < -0.4 is 0 Å². The van der Waals surface area contributed by atoms with Crippen molar-refractivity contribution >= 4 is 40.2 Å². The molecule has 1 aliphatic rings. The Morgan fingerprint density at radius 2 is 1.96 bits per heavy atom. The van der Waals surface area contributed by atoms with Crippen molar-refractivity contribution in [2.24, 2.45) is 0 Å². The van der Waals surface area contributed by atoms with E-state index >= 15 is 0 Å². The van der Waals surface area contributed by atoms with E-state index < -0.39 is 0 Å². The van der Waals surface area contributed by atoms with E-state index in [-0.39, 0.29) is 5.91 Å². The Bertz CT molecular complexity index is 886. The van der Waals surface area contributed by atoms with Crippen LogP contribution in [0.3, 0.4) is 0 Å². The van der Waals surface area contributed by atoms with Crippen molar-refractivity contribution in [1.29, 1.82) is 0 Å². The van der Waals surface area contributed by atoms with Crippen LogP contribution in [-0.4, -0.2) is 46.9 Å². The Labute approximate surface area is 165 Å². The van der Waals surface area contributed by atoms with E-state index in [2.05, 4.69) is 27.8 Å². The van der Waals surface area contributed by atoms with Crippen LogP contribution in [0.2, 0.25) is 5.02 Å². The lowest BCUT2D eigenvalue weighted by Gasteiger charge is -2.34. The Balaban J connectivity index is 1.33. The van der Waals surface area contributed by atoms with Crippen molar-refractivity contribution < 1.29 is 4.79 Å².